The van der Waals surface area contributed by atoms with E-state index < -0.39 is 16.0 Å². The van der Waals surface area contributed by atoms with Crippen LogP contribution in [0, 0.1) is 18.3 Å². The van der Waals surface area contributed by atoms with E-state index in [-0.39, 0.29) is 17.9 Å². The minimum absolute atomic E-state index is 0.0337. The molecule has 0 saturated heterocycles. The quantitative estimate of drug-likeness (QED) is 0.802. The first kappa shape index (κ1) is 15.1. The number of benzene rings is 1. The van der Waals surface area contributed by atoms with Crippen molar-refractivity contribution < 1.29 is 17.9 Å². The maximum atomic E-state index is 11.9. The topological polar surface area (TPSA) is 96.3 Å². The van der Waals surface area contributed by atoms with Gasteiger partial charge in [0.15, 0.2) is 0 Å². The minimum Gasteiger partial charge on any atom is -0.469 e. The van der Waals surface area contributed by atoms with E-state index in [0.29, 0.717) is 11.1 Å². The third-order valence-electron chi connectivity index (χ3n) is 2.48. The van der Waals surface area contributed by atoms with Crippen LogP contribution in [-0.2, 0) is 19.6 Å². The first-order valence-electron chi connectivity index (χ1n) is 5.48. The number of nitrogens with zero attached hydrogens (tertiary/aromatic N) is 1. The lowest BCUT2D eigenvalue weighted by Gasteiger charge is -2.07. The molecule has 1 aromatic carbocycles. The maximum Gasteiger partial charge on any atom is 0.306 e. The van der Waals surface area contributed by atoms with E-state index >= 15 is 0 Å². The number of esters is 1. The molecule has 0 aliphatic carbocycles. The van der Waals surface area contributed by atoms with Crippen molar-refractivity contribution in [2.24, 2.45) is 0 Å². The zero-order valence-electron chi connectivity index (χ0n) is 10.6. The molecule has 102 valence electrons. The number of ether oxygens (including phenoxy) is 1. The summed E-state index contributed by atoms with van der Waals surface area (Å²) >= 11 is 0. The molecule has 7 heteroatoms. The molecule has 1 aromatic rings. The number of carbonyl (C=O) groups excluding carboxylic acids is 1. The van der Waals surface area contributed by atoms with Gasteiger partial charge in [-0.3, -0.25) is 4.79 Å². The molecule has 0 saturated carbocycles. The Kier molecular flexibility index (Phi) is 5.03. The van der Waals surface area contributed by atoms with Crippen LogP contribution in [-0.4, -0.2) is 28.0 Å². The van der Waals surface area contributed by atoms with Gasteiger partial charge in [0.05, 0.1) is 30.1 Å². The molecular weight excluding hydrogens is 268 g/mol. The Morgan fingerprint density at radius 3 is 2.68 bits per heavy atom. The largest absolute Gasteiger partial charge is 0.469 e. The first-order valence-corrected chi connectivity index (χ1v) is 6.96. The first-order chi connectivity index (χ1) is 8.90. The van der Waals surface area contributed by atoms with Crippen molar-refractivity contribution in [2.45, 2.75) is 18.2 Å². The number of rotatable bonds is 5. The third-order valence-corrected chi connectivity index (χ3v) is 3.94. The monoisotopic (exact) mass is 282 g/mol. The van der Waals surface area contributed by atoms with Crippen molar-refractivity contribution in [1.29, 1.82) is 5.26 Å². The lowest BCUT2D eigenvalue weighted by atomic mass is 10.1. The van der Waals surface area contributed by atoms with Crippen molar-refractivity contribution in [1.82, 2.24) is 4.72 Å². The molecular formula is C12H14N2O4S. The van der Waals surface area contributed by atoms with E-state index in [1.165, 1.54) is 25.3 Å². The minimum atomic E-state index is -3.68. The Balaban J connectivity index is 2.81. The van der Waals surface area contributed by atoms with Crippen LogP contribution in [0.25, 0.3) is 0 Å². The summed E-state index contributed by atoms with van der Waals surface area (Å²) in [5.41, 5.74) is 1.01. The number of sulfonamides is 1. The lowest BCUT2D eigenvalue weighted by Crippen LogP contribution is -2.26. The van der Waals surface area contributed by atoms with E-state index in [1.54, 1.807) is 6.92 Å². The van der Waals surface area contributed by atoms with E-state index in [1.807, 2.05) is 6.07 Å². The molecule has 0 unspecified atom stereocenters. The second-order valence-corrected chi connectivity index (χ2v) is 5.58. The fourth-order valence-electron chi connectivity index (χ4n) is 1.40. The van der Waals surface area contributed by atoms with Crippen LogP contribution in [0.3, 0.4) is 0 Å². The van der Waals surface area contributed by atoms with Crippen molar-refractivity contribution in [3.8, 4) is 6.07 Å². The van der Waals surface area contributed by atoms with E-state index in [2.05, 4.69) is 9.46 Å². The maximum absolute atomic E-state index is 11.9. The lowest BCUT2D eigenvalue weighted by molar-refractivity contribution is -0.140. The fourth-order valence-corrected chi connectivity index (χ4v) is 2.52. The summed E-state index contributed by atoms with van der Waals surface area (Å²) in [5.74, 6) is -0.487. The van der Waals surface area contributed by atoms with Gasteiger partial charge in [-0.1, -0.05) is 0 Å². The Morgan fingerprint density at radius 1 is 1.47 bits per heavy atom. The van der Waals surface area contributed by atoms with Gasteiger partial charge in [-0.15, -0.1) is 0 Å². The van der Waals surface area contributed by atoms with E-state index in [9.17, 15) is 13.2 Å². The van der Waals surface area contributed by atoms with Crippen LogP contribution in [0.5, 0.6) is 0 Å². The van der Waals surface area contributed by atoms with Crippen LogP contribution in [0.1, 0.15) is 17.5 Å². The Hall–Kier alpha value is -1.91. The number of nitrogens with one attached hydrogen (secondary N) is 1. The molecule has 0 bridgehead atoms. The van der Waals surface area contributed by atoms with Crippen LogP contribution in [0.15, 0.2) is 23.1 Å². The smallest absolute Gasteiger partial charge is 0.306 e. The van der Waals surface area contributed by atoms with Gasteiger partial charge in [-0.25, -0.2) is 13.1 Å². The van der Waals surface area contributed by atoms with Crippen LogP contribution in [0.2, 0.25) is 0 Å². The molecule has 0 heterocycles. The Bertz CT molecular complexity index is 617. The number of hydrogen-bond donors (Lipinski definition) is 1. The normalized spacial score (nSPS) is 10.8. The van der Waals surface area contributed by atoms with Gasteiger partial charge < -0.3 is 4.74 Å². The molecule has 0 aliphatic rings. The van der Waals surface area contributed by atoms with Gasteiger partial charge in [-0.2, -0.15) is 5.26 Å². The van der Waals surface area contributed by atoms with Crippen LogP contribution >= 0.6 is 0 Å². The highest BCUT2D eigenvalue weighted by Gasteiger charge is 2.15. The molecule has 0 aromatic heterocycles. The average Bonchev–Trinajstić information content (AvgIpc) is 2.38. The molecule has 0 atom stereocenters. The summed E-state index contributed by atoms with van der Waals surface area (Å²) in [6.45, 7) is 1.63. The SMILES string of the molecule is COC(=O)CCNS(=O)(=O)c1ccc(C#N)c(C)c1. The van der Waals surface area contributed by atoms with E-state index in [0.717, 1.165) is 0 Å². The van der Waals surface area contributed by atoms with Gasteiger partial charge in [0.1, 0.15) is 0 Å². The van der Waals surface area contributed by atoms with Crippen LogP contribution < -0.4 is 4.72 Å². The van der Waals surface area contributed by atoms with Gasteiger partial charge in [0.25, 0.3) is 0 Å². The van der Waals surface area contributed by atoms with Crippen molar-refractivity contribution >= 4 is 16.0 Å². The molecule has 1 N–H and O–H groups in total. The molecule has 0 radical (unpaired) electrons. The van der Waals surface area contributed by atoms with Crippen molar-refractivity contribution in [3.05, 3.63) is 29.3 Å². The average molecular weight is 282 g/mol. The van der Waals surface area contributed by atoms with Gasteiger partial charge >= 0.3 is 5.97 Å². The summed E-state index contributed by atoms with van der Waals surface area (Å²) in [7, 11) is -2.44. The number of nitriles is 1. The molecule has 0 amide bonds. The molecule has 19 heavy (non-hydrogen) atoms. The number of methoxy groups -OCH3 is 1. The summed E-state index contributed by atoms with van der Waals surface area (Å²) in [6, 6.07) is 6.18. The predicted octanol–water partition coefficient (Wildman–Crippen LogP) is 0.708. The van der Waals surface area contributed by atoms with E-state index in [4.69, 9.17) is 5.26 Å². The molecule has 1 rings (SSSR count). The second kappa shape index (κ2) is 6.31. The highest BCUT2D eigenvalue weighted by Crippen LogP contribution is 2.14. The summed E-state index contributed by atoms with van der Waals surface area (Å²) in [4.78, 5) is 10.9. The highest BCUT2D eigenvalue weighted by atomic mass is 32.2. The molecule has 0 aliphatic heterocycles. The van der Waals surface area contributed by atoms with Crippen molar-refractivity contribution in [3.63, 3.8) is 0 Å². The molecule has 0 spiro atoms. The number of hydrogen-bond acceptors (Lipinski definition) is 5. The number of aryl methyl sites for hydroxylation is 1. The Morgan fingerprint density at radius 2 is 2.16 bits per heavy atom. The summed E-state index contributed by atoms with van der Waals surface area (Å²) in [6.07, 6.45) is -0.0367. The molecule has 6 nitrogen and oxygen atoms in total. The standard InChI is InChI=1S/C12H14N2O4S/c1-9-7-11(4-3-10(9)8-13)19(16,17)14-6-5-12(15)18-2/h3-4,7,14H,5-6H2,1-2H3. The zero-order chi connectivity index (χ0) is 14.5. The van der Waals surface area contributed by atoms with Crippen molar-refractivity contribution in [2.75, 3.05) is 13.7 Å². The van der Waals surface area contributed by atoms with Gasteiger partial charge in [-0.05, 0) is 30.7 Å². The highest BCUT2D eigenvalue weighted by molar-refractivity contribution is 7.89. The zero-order valence-corrected chi connectivity index (χ0v) is 11.5. The number of carbonyl (C=O) groups is 1. The predicted molar refractivity (Wildman–Crippen MR) is 67.7 cm³/mol. The fraction of sp³-hybridized carbons (Fsp3) is 0.333. The van der Waals surface area contributed by atoms with Gasteiger partial charge in [0.2, 0.25) is 10.0 Å². The summed E-state index contributed by atoms with van der Waals surface area (Å²) < 4.78 is 30.5. The van der Waals surface area contributed by atoms with Gasteiger partial charge in [0, 0.05) is 6.54 Å². The summed E-state index contributed by atoms with van der Waals surface area (Å²) in [5, 5.41) is 8.78. The molecule has 0 fully saturated rings. The Labute approximate surface area is 112 Å². The second-order valence-electron chi connectivity index (χ2n) is 3.81. The van der Waals surface area contributed by atoms with Crippen LogP contribution in [0.4, 0.5) is 0 Å². The third kappa shape index (κ3) is 4.05.